The largest absolute Gasteiger partial charge is 0.491 e. The van der Waals surface area contributed by atoms with Crippen molar-refractivity contribution in [3.05, 3.63) is 88.5 Å². The van der Waals surface area contributed by atoms with Gasteiger partial charge in [0.05, 0.1) is 25.4 Å². The number of fused-ring (bicyclic) bond motifs is 1. The minimum atomic E-state index is -4.36. The Morgan fingerprint density at radius 2 is 1.53 bits per heavy atom. The zero-order chi connectivity index (χ0) is 33.1. The van der Waals surface area contributed by atoms with Crippen molar-refractivity contribution in [2.75, 3.05) is 59.7 Å². The summed E-state index contributed by atoms with van der Waals surface area (Å²) < 4.78 is 55.7. The molecule has 47 heavy (non-hydrogen) atoms. The quantitative estimate of drug-likeness (QED) is 0.171. The lowest BCUT2D eigenvalue weighted by atomic mass is 9.83. The Bertz CT molecular complexity index is 1420. The third-order valence-corrected chi connectivity index (χ3v) is 9.32. The molecule has 0 saturated carbocycles. The number of rotatable bonds is 15. The molecule has 1 N–H and O–H groups in total. The van der Waals surface area contributed by atoms with Gasteiger partial charge in [0.15, 0.2) is 0 Å². The molecule has 1 heterocycles. The fraction of sp³-hybridized carbons (Fsp3) is 0.500. The Morgan fingerprint density at radius 3 is 2.23 bits per heavy atom. The minimum Gasteiger partial charge on any atom is -0.491 e. The molecule has 1 saturated heterocycles. The van der Waals surface area contributed by atoms with Gasteiger partial charge in [0, 0.05) is 19.2 Å². The molecule has 9 heteroatoms. The molecule has 254 valence electrons. The van der Waals surface area contributed by atoms with E-state index in [4.69, 9.17) is 14.2 Å². The van der Waals surface area contributed by atoms with E-state index in [9.17, 15) is 18.0 Å². The molecule has 2 aliphatic rings. The lowest BCUT2D eigenvalue weighted by molar-refractivity contribution is -0.137. The molecule has 0 atom stereocenters. The zero-order valence-corrected chi connectivity index (χ0v) is 27.4. The number of aryl methyl sites for hydroxylation is 1. The van der Waals surface area contributed by atoms with Crippen molar-refractivity contribution < 1.29 is 32.2 Å². The van der Waals surface area contributed by atoms with Crippen molar-refractivity contribution in [1.82, 2.24) is 10.2 Å². The van der Waals surface area contributed by atoms with Crippen LogP contribution in [0.5, 0.6) is 5.75 Å². The summed E-state index contributed by atoms with van der Waals surface area (Å²) >= 11 is 0. The number of unbranched alkanes of at least 4 members (excludes halogenated alkanes) is 1. The molecule has 0 bridgehead atoms. The van der Waals surface area contributed by atoms with Gasteiger partial charge in [-0.25, -0.2) is 0 Å². The second-order valence-corrected chi connectivity index (χ2v) is 12.5. The Kier molecular flexibility index (Phi) is 12.7. The number of piperidine rings is 1. The summed E-state index contributed by atoms with van der Waals surface area (Å²) in [5.74, 6) is 1.46. The molecule has 1 fully saturated rings. The van der Waals surface area contributed by atoms with Crippen LogP contribution in [0.25, 0.3) is 11.1 Å². The summed E-state index contributed by atoms with van der Waals surface area (Å²) in [6, 6.07) is 16.6. The topological polar surface area (TPSA) is 60.0 Å². The Balaban J connectivity index is 1.03. The first-order valence-electron chi connectivity index (χ1n) is 17.0. The first kappa shape index (κ1) is 34.9. The van der Waals surface area contributed by atoms with Crippen LogP contribution in [0.4, 0.5) is 13.2 Å². The van der Waals surface area contributed by atoms with E-state index in [-0.39, 0.29) is 5.91 Å². The number of amides is 1. The van der Waals surface area contributed by atoms with Crippen LogP contribution >= 0.6 is 0 Å². The first-order chi connectivity index (χ1) is 22.8. The fourth-order valence-corrected chi connectivity index (χ4v) is 6.65. The van der Waals surface area contributed by atoms with Crippen LogP contribution in [-0.4, -0.2) is 70.5 Å². The monoisotopic (exact) mass is 652 g/mol. The fourth-order valence-electron chi connectivity index (χ4n) is 6.65. The molecule has 0 aromatic heterocycles. The highest BCUT2D eigenvalue weighted by molar-refractivity contribution is 5.94. The number of hydrogen-bond acceptors (Lipinski definition) is 5. The van der Waals surface area contributed by atoms with Gasteiger partial charge < -0.3 is 24.4 Å². The van der Waals surface area contributed by atoms with Crippen LogP contribution < -0.4 is 10.1 Å². The molecule has 3 aromatic rings. The van der Waals surface area contributed by atoms with Gasteiger partial charge in [-0.05, 0) is 129 Å². The standard InChI is InChI=1S/C38H47F3N2O4/c1-45-24-25-46-26-27-47-36-34-7-3-2-6-30(34)14-17-35(36)31-18-22-43(23-19-31)21-5-4-20-42-37(44)32-10-8-28(9-11-32)29-12-15-33(16-13-29)38(39,40)41/h8-17,31H,2-7,18-27H2,1H3,(H,42,44). The summed E-state index contributed by atoms with van der Waals surface area (Å²) in [5.41, 5.74) is 5.50. The summed E-state index contributed by atoms with van der Waals surface area (Å²) in [6.07, 6.45) is 4.44. The maximum absolute atomic E-state index is 12.8. The van der Waals surface area contributed by atoms with E-state index in [0.717, 1.165) is 81.6 Å². The highest BCUT2D eigenvalue weighted by atomic mass is 19.4. The van der Waals surface area contributed by atoms with Crippen LogP contribution in [0.1, 0.15) is 77.1 Å². The molecular weight excluding hydrogens is 605 g/mol. The highest BCUT2D eigenvalue weighted by Crippen LogP contribution is 2.40. The van der Waals surface area contributed by atoms with Gasteiger partial charge in [-0.15, -0.1) is 0 Å². The molecule has 0 unspecified atom stereocenters. The molecule has 1 aliphatic carbocycles. The van der Waals surface area contributed by atoms with E-state index in [0.29, 0.717) is 50.0 Å². The van der Waals surface area contributed by atoms with Gasteiger partial charge in [0.2, 0.25) is 0 Å². The Labute approximate surface area is 276 Å². The van der Waals surface area contributed by atoms with E-state index in [1.165, 1.54) is 41.7 Å². The average Bonchev–Trinajstić information content (AvgIpc) is 3.09. The molecule has 1 aliphatic heterocycles. The highest BCUT2D eigenvalue weighted by Gasteiger charge is 2.30. The molecule has 6 nitrogen and oxygen atoms in total. The Morgan fingerprint density at radius 1 is 0.851 bits per heavy atom. The minimum absolute atomic E-state index is 0.144. The van der Waals surface area contributed by atoms with E-state index >= 15 is 0 Å². The number of methoxy groups -OCH3 is 1. The van der Waals surface area contributed by atoms with Crippen molar-refractivity contribution in [2.45, 2.75) is 63.5 Å². The predicted octanol–water partition coefficient (Wildman–Crippen LogP) is 7.68. The van der Waals surface area contributed by atoms with Gasteiger partial charge in [-0.2, -0.15) is 13.2 Å². The van der Waals surface area contributed by atoms with Gasteiger partial charge in [-0.3, -0.25) is 4.79 Å². The van der Waals surface area contributed by atoms with Crippen LogP contribution in [0.2, 0.25) is 0 Å². The number of carbonyl (C=O) groups excluding carboxylic acids is 1. The summed E-state index contributed by atoms with van der Waals surface area (Å²) in [7, 11) is 1.68. The van der Waals surface area contributed by atoms with Crippen molar-refractivity contribution in [2.24, 2.45) is 0 Å². The number of nitrogens with zero attached hydrogens (tertiary/aromatic N) is 1. The summed E-state index contributed by atoms with van der Waals surface area (Å²) in [6.45, 7) is 6.00. The smallest absolute Gasteiger partial charge is 0.416 e. The van der Waals surface area contributed by atoms with E-state index in [1.807, 2.05) is 0 Å². The van der Waals surface area contributed by atoms with E-state index in [2.05, 4.69) is 22.3 Å². The summed E-state index contributed by atoms with van der Waals surface area (Å²) in [5, 5.41) is 3.00. The number of hydrogen-bond donors (Lipinski definition) is 1. The van der Waals surface area contributed by atoms with Gasteiger partial charge in [-0.1, -0.05) is 36.4 Å². The van der Waals surface area contributed by atoms with Gasteiger partial charge >= 0.3 is 6.18 Å². The number of halogens is 3. The average molecular weight is 653 g/mol. The van der Waals surface area contributed by atoms with Crippen LogP contribution in [-0.2, 0) is 28.5 Å². The molecule has 3 aromatic carbocycles. The Hall–Kier alpha value is -3.40. The summed E-state index contributed by atoms with van der Waals surface area (Å²) in [4.78, 5) is 15.2. The number of ether oxygens (including phenoxy) is 3. The molecule has 0 spiro atoms. The second-order valence-electron chi connectivity index (χ2n) is 12.5. The number of alkyl halides is 3. The SMILES string of the molecule is COCCOCCOc1c(C2CCN(CCCCNC(=O)c3ccc(-c4ccc(C(F)(F)F)cc4)cc3)CC2)ccc2c1CCCC2. The normalized spacial score (nSPS) is 15.7. The zero-order valence-electron chi connectivity index (χ0n) is 27.4. The number of likely N-dealkylation sites (tertiary alicyclic amines) is 1. The molecule has 0 radical (unpaired) electrons. The van der Waals surface area contributed by atoms with Crippen molar-refractivity contribution in [3.63, 3.8) is 0 Å². The lowest BCUT2D eigenvalue weighted by Gasteiger charge is -2.34. The molecule has 5 rings (SSSR count). The van der Waals surface area contributed by atoms with Gasteiger partial charge in [0.25, 0.3) is 5.91 Å². The van der Waals surface area contributed by atoms with E-state index < -0.39 is 11.7 Å². The van der Waals surface area contributed by atoms with Crippen LogP contribution in [0, 0.1) is 0 Å². The first-order valence-corrected chi connectivity index (χ1v) is 17.0. The maximum atomic E-state index is 12.8. The number of nitrogens with one attached hydrogen (secondary N) is 1. The van der Waals surface area contributed by atoms with Crippen molar-refractivity contribution >= 4 is 5.91 Å². The third kappa shape index (κ3) is 9.81. The predicted molar refractivity (Wildman–Crippen MR) is 178 cm³/mol. The third-order valence-electron chi connectivity index (χ3n) is 9.32. The maximum Gasteiger partial charge on any atom is 0.416 e. The number of carbonyl (C=O) groups is 1. The van der Waals surface area contributed by atoms with Gasteiger partial charge in [0.1, 0.15) is 12.4 Å². The lowest BCUT2D eigenvalue weighted by Crippen LogP contribution is -2.34. The van der Waals surface area contributed by atoms with Crippen molar-refractivity contribution in [3.8, 4) is 16.9 Å². The number of benzene rings is 3. The van der Waals surface area contributed by atoms with Crippen molar-refractivity contribution in [1.29, 1.82) is 0 Å². The second kappa shape index (κ2) is 17.1. The van der Waals surface area contributed by atoms with Crippen LogP contribution in [0.3, 0.4) is 0 Å². The molecular formula is C38H47F3N2O4. The van der Waals surface area contributed by atoms with Crippen LogP contribution in [0.15, 0.2) is 60.7 Å². The molecule has 1 amide bonds. The van der Waals surface area contributed by atoms with E-state index in [1.54, 1.807) is 31.4 Å².